The van der Waals surface area contributed by atoms with Crippen molar-refractivity contribution in [1.29, 1.82) is 0 Å². The van der Waals surface area contributed by atoms with E-state index in [1.807, 2.05) is 12.1 Å². The number of rotatable bonds is 4. The summed E-state index contributed by atoms with van der Waals surface area (Å²) in [7, 11) is -3.80. The summed E-state index contributed by atoms with van der Waals surface area (Å²) in [5, 5.41) is 2.60. The molecule has 29 heavy (non-hydrogen) atoms. The summed E-state index contributed by atoms with van der Waals surface area (Å²) < 4.78 is 41.4. The van der Waals surface area contributed by atoms with Gasteiger partial charge in [-0.25, -0.2) is 12.8 Å². The molecule has 5 nitrogen and oxygen atoms in total. The monoisotopic (exact) mass is 410 g/mol. The highest BCUT2D eigenvalue weighted by Gasteiger charge is 2.30. The quantitative estimate of drug-likeness (QED) is 0.703. The van der Waals surface area contributed by atoms with Crippen LogP contribution in [0, 0.1) is 12.7 Å². The van der Waals surface area contributed by atoms with Gasteiger partial charge in [0.2, 0.25) is 0 Å². The summed E-state index contributed by atoms with van der Waals surface area (Å²) in [5.41, 5.74) is 2.60. The third-order valence-electron chi connectivity index (χ3n) is 4.96. The Balaban J connectivity index is 1.61. The lowest BCUT2D eigenvalue weighted by Gasteiger charge is -2.20. The first-order chi connectivity index (χ1) is 13.9. The molecule has 0 aliphatic carbocycles. The minimum Gasteiger partial charge on any atom is -0.322 e. The molecule has 1 heterocycles. The minimum atomic E-state index is -3.80. The van der Waals surface area contributed by atoms with Crippen LogP contribution in [0.25, 0.3) is 0 Å². The molecule has 0 radical (unpaired) electrons. The number of amides is 1. The van der Waals surface area contributed by atoms with Gasteiger partial charge in [-0.05, 0) is 60.9 Å². The molecular weight excluding hydrogens is 391 g/mol. The number of carbonyl (C=O) groups is 1. The fourth-order valence-corrected chi connectivity index (χ4v) is 4.91. The molecule has 1 aliphatic heterocycles. The van der Waals surface area contributed by atoms with E-state index in [4.69, 9.17) is 0 Å². The third-order valence-corrected chi connectivity index (χ3v) is 6.77. The summed E-state index contributed by atoms with van der Waals surface area (Å²) in [6, 6.07) is 17.6. The van der Waals surface area contributed by atoms with Gasteiger partial charge in [0.05, 0.1) is 10.6 Å². The number of carbonyl (C=O) groups excluding carboxylic acids is 1. The lowest BCUT2D eigenvalue weighted by Crippen LogP contribution is -2.29. The van der Waals surface area contributed by atoms with Gasteiger partial charge in [0, 0.05) is 17.8 Å². The standard InChI is InChI=1S/C22H19FN2O3S/c1-15-9-10-18(14-20(15)23)24-22(26)17-6-4-7-19(13-17)29(27,28)25-12-11-16-5-2-3-8-21(16)25/h2-10,13-14H,11-12H2,1H3,(H,24,26). The van der Waals surface area contributed by atoms with Crippen molar-refractivity contribution in [1.82, 2.24) is 0 Å². The Morgan fingerprint density at radius 2 is 1.83 bits per heavy atom. The van der Waals surface area contributed by atoms with Gasteiger partial charge in [-0.1, -0.05) is 30.3 Å². The second-order valence-corrected chi connectivity index (χ2v) is 8.76. The average molecular weight is 410 g/mol. The fourth-order valence-electron chi connectivity index (χ4n) is 3.36. The summed E-state index contributed by atoms with van der Waals surface area (Å²) in [6.45, 7) is 1.99. The van der Waals surface area contributed by atoms with Crippen molar-refractivity contribution in [2.24, 2.45) is 0 Å². The SMILES string of the molecule is Cc1ccc(NC(=O)c2cccc(S(=O)(=O)N3CCc4ccccc43)c2)cc1F. The van der Waals surface area contributed by atoms with Gasteiger partial charge in [0.15, 0.2) is 0 Å². The van der Waals surface area contributed by atoms with Gasteiger partial charge in [-0.2, -0.15) is 0 Å². The molecule has 4 rings (SSSR count). The molecule has 0 bridgehead atoms. The predicted octanol–water partition coefficient (Wildman–Crippen LogP) is 4.14. The molecule has 148 valence electrons. The van der Waals surface area contributed by atoms with E-state index in [0.717, 1.165) is 5.56 Å². The van der Waals surface area contributed by atoms with E-state index < -0.39 is 21.7 Å². The van der Waals surface area contributed by atoms with Crippen molar-refractivity contribution < 1.29 is 17.6 Å². The van der Waals surface area contributed by atoms with Crippen molar-refractivity contribution in [3.63, 3.8) is 0 Å². The smallest absolute Gasteiger partial charge is 0.264 e. The van der Waals surface area contributed by atoms with E-state index in [1.165, 1.54) is 34.6 Å². The van der Waals surface area contributed by atoms with E-state index in [9.17, 15) is 17.6 Å². The topological polar surface area (TPSA) is 66.5 Å². The Morgan fingerprint density at radius 1 is 1.03 bits per heavy atom. The summed E-state index contributed by atoms with van der Waals surface area (Å²) in [6.07, 6.45) is 0.647. The van der Waals surface area contributed by atoms with E-state index in [-0.39, 0.29) is 10.5 Å². The number of aryl methyl sites for hydroxylation is 1. The third kappa shape index (κ3) is 3.61. The molecule has 1 amide bonds. The lowest BCUT2D eigenvalue weighted by atomic mass is 10.2. The number of anilines is 2. The Bertz CT molecular complexity index is 1210. The maximum atomic E-state index is 13.7. The van der Waals surface area contributed by atoms with Crippen LogP contribution < -0.4 is 9.62 Å². The minimum absolute atomic E-state index is 0.0388. The average Bonchev–Trinajstić information content (AvgIpc) is 3.16. The highest BCUT2D eigenvalue weighted by molar-refractivity contribution is 7.92. The van der Waals surface area contributed by atoms with E-state index >= 15 is 0 Å². The molecule has 1 N–H and O–H groups in total. The van der Waals surface area contributed by atoms with Crippen LogP contribution in [0.1, 0.15) is 21.5 Å². The van der Waals surface area contributed by atoms with Crippen LogP contribution >= 0.6 is 0 Å². The van der Waals surface area contributed by atoms with Gasteiger partial charge in [-0.15, -0.1) is 0 Å². The van der Waals surface area contributed by atoms with Crippen LogP contribution in [-0.4, -0.2) is 20.9 Å². The molecule has 0 saturated carbocycles. The van der Waals surface area contributed by atoms with Crippen LogP contribution in [0.4, 0.5) is 15.8 Å². The van der Waals surface area contributed by atoms with Crippen LogP contribution in [0.3, 0.4) is 0 Å². The van der Waals surface area contributed by atoms with Crippen LogP contribution in [-0.2, 0) is 16.4 Å². The number of hydrogen-bond acceptors (Lipinski definition) is 3. The van der Waals surface area contributed by atoms with Crippen molar-refractivity contribution in [2.45, 2.75) is 18.2 Å². The van der Waals surface area contributed by atoms with Crippen molar-refractivity contribution >= 4 is 27.3 Å². The number of para-hydroxylation sites is 1. The normalized spacial score (nSPS) is 13.2. The van der Waals surface area contributed by atoms with Gasteiger partial charge in [0.25, 0.3) is 15.9 Å². The molecular formula is C22H19FN2O3S. The van der Waals surface area contributed by atoms with Gasteiger partial charge < -0.3 is 5.32 Å². The number of halogens is 1. The zero-order valence-corrected chi connectivity index (χ0v) is 16.5. The molecule has 1 aliphatic rings. The van der Waals surface area contributed by atoms with Crippen LogP contribution in [0.15, 0.2) is 71.6 Å². The Hall–Kier alpha value is -3.19. The molecule has 0 atom stereocenters. The van der Waals surface area contributed by atoms with Crippen LogP contribution in [0.2, 0.25) is 0 Å². The number of nitrogens with zero attached hydrogens (tertiary/aromatic N) is 1. The largest absolute Gasteiger partial charge is 0.322 e. The maximum Gasteiger partial charge on any atom is 0.264 e. The number of fused-ring (bicyclic) bond motifs is 1. The van der Waals surface area contributed by atoms with E-state index in [0.29, 0.717) is 29.9 Å². The maximum absolute atomic E-state index is 13.7. The van der Waals surface area contributed by atoms with Gasteiger partial charge >= 0.3 is 0 Å². The molecule has 0 saturated heterocycles. The molecule has 0 aromatic heterocycles. The fraction of sp³-hybridized carbons (Fsp3) is 0.136. The molecule has 0 fully saturated rings. The Morgan fingerprint density at radius 3 is 2.62 bits per heavy atom. The summed E-state index contributed by atoms with van der Waals surface area (Å²) in [5.74, 6) is -0.932. The van der Waals surface area contributed by atoms with Crippen molar-refractivity contribution in [3.05, 3.63) is 89.2 Å². The molecule has 0 unspecified atom stereocenters. The van der Waals surface area contributed by atoms with Gasteiger partial charge in [0.1, 0.15) is 5.82 Å². The number of sulfonamides is 1. The predicted molar refractivity (Wildman–Crippen MR) is 110 cm³/mol. The van der Waals surface area contributed by atoms with E-state index in [1.54, 1.807) is 31.2 Å². The number of benzene rings is 3. The second kappa shape index (κ2) is 7.33. The molecule has 3 aromatic rings. The zero-order valence-electron chi connectivity index (χ0n) is 15.7. The highest BCUT2D eigenvalue weighted by Crippen LogP contribution is 2.32. The van der Waals surface area contributed by atoms with E-state index in [2.05, 4.69) is 5.32 Å². The Kier molecular flexibility index (Phi) is 4.84. The first-order valence-electron chi connectivity index (χ1n) is 9.14. The van der Waals surface area contributed by atoms with Crippen molar-refractivity contribution in [2.75, 3.05) is 16.2 Å². The first-order valence-corrected chi connectivity index (χ1v) is 10.6. The van der Waals surface area contributed by atoms with Crippen LogP contribution in [0.5, 0.6) is 0 Å². The van der Waals surface area contributed by atoms with Crippen molar-refractivity contribution in [3.8, 4) is 0 Å². The lowest BCUT2D eigenvalue weighted by molar-refractivity contribution is 0.102. The number of nitrogens with one attached hydrogen (secondary N) is 1. The number of hydrogen-bond donors (Lipinski definition) is 1. The first kappa shape index (κ1) is 19.1. The molecule has 7 heteroatoms. The molecule has 3 aromatic carbocycles. The summed E-state index contributed by atoms with van der Waals surface area (Å²) in [4.78, 5) is 12.6. The zero-order chi connectivity index (χ0) is 20.6. The molecule has 0 spiro atoms. The summed E-state index contributed by atoms with van der Waals surface area (Å²) >= 11 is 0. The highest BCUT2D eigenvalue weighted by atomic mass is 32.2. The Labute approximate surface area is 168 Å². The second-order valence-electron chi connectivity index (χ2n) is 6.90. The van der Waals surface area contributed by atoms with Gasteiger partial charge in [-0.3, -0.25) is 9.10 Å².